The molecular weight excluding hydrogens is 290 g/mol. The number of pyridine rings is 1. The highest BCUT2D eigenvalue weighted by Crippen LogP contribution is 2.12. The molecule has 0 radical (unpaired) electrons. The van der Waals surface area contributed by atoms with E-state index >= 15 is 0 Å². The summed E-state index contributed by atoms with van der Waals surface area (Å²) >= 11 is 5.83. The Labute approximate surface area is 126 Å². The van der Waals surface area contributed by atoms with Crippen LogP contribution in [0.4, 0.5) is 11.5 Å². The summed E-state index contributed by atoms with van der Waals surface area (Å²) < 4.78 is 1.68. The maximum absolute atomic E-state index is 5.83. The Balaban J connectivity index is 1.61. The van der Waals surface area contributed by atoms with E-state index < -0.39 is 0 Å². The summed E-state index contributed by atoms with van der Waals surface area (Å²) in [6.45, 7) is 3.38. The van der Waals surface area contributed by atoms with Gasteiger partial charge in [0.15, 0.2) is 0 Å². The molecule has 2 N–H and O–H groups in total. The average molecular weight is 304 g/mol. The highest BCUT2D eigenvalue weighted by Gasteiger charge is 2.04. The van der Waals surface area contributed by atoms with Crippen LogP contribution in [0.1, 0.15) is 5.69 Å². The summed E-state index contributed by atoms with van der Waals surface area (Å²) in [6, 6.07) is 5.59. The fourth-order valence-electron chi connectivity index (χ4n) is 1.97. The predicted octanol–water partition coefficient (Wildman–Crippen LogP) is 2.01. The Kier molecular flexibility index (Phi) is 3.83. The highest BCUT2D eigenvalue weighted by molar-refractivity contribution is 6.29. The predicted molar refractivity (Wildman–Crippen MR) is 81.7 cm³/mol. The van der Waals surface area contributed by atoms with Gasteiger partial charge in [-0.05, 0) is 19.1 Å². The number of aryl methyl sites for hydroxylation is 1. The SMILES string of the molecule is Cc1cc(NCCNc2ccnc(Cl)c2)n2ncnc2n1. The molecule has 108 valence electrons. The minimum atomic E-state index is 0.474. The van der Waals surface area contributed by atoms with Crippen LogP contribution in [0.5, 0.6) is 0 Å². The number of fused-ring (bicyclic) bond motifs is 1. The Bertz CT molecular complexity index is 755. The van der Waals surface area contributed by atoms with E-state index in [1.54, 1.807) is 16.8 Å². The van der Waals surface area contributed by atoms with E-state index in [0.29, 0.717) is 10.9 Å². The Morgan fingerprint density at radius 3 is 2.90 bits per heavy atom. The van der Waals surface area contributed by atoms with Crippen LogP contribution in [0.3, 0.4) is 0 Å². The van der Waals surface area contributed by atoms with Gasteiger partial charge >= 0.3 is 0 Å². The van der Waals surface area contributed by atoms with E-state index in [-0.39, 0.29) is 0 Å². The Morgan fingerprint density at radius 1 is 1.19 bits per heavy atom. The maximum Gasteiger partial charge on any atom is 0.254 e. The molecular formula is C13H14ClN7. The van der Waals surface area contributed by atoms with Crippen LogP contribution in [0.15, 0.2) is 30.7 Å². The summed E-state index contributed by atoms with van der Waals surface area (Å²) in [7, 11) is 0. The molecule has 0 unspecified atom stereocenters. The third kappa shape index (κ3) is 3.19. The van der Waals surface area contributed by atoms with Crippen LogP contribution in [0, 0.1) is 6.92 Å². The van der Waals surface area contributed by atoms with E-state index in [1.807, 2.05) is 19.1 Å². The van der Waals surface area contributed by atoms with Crippen molar-refractivity contribution in [2.45, 2.75) is 6.92 Å². The molecule has 3 rings (SSSR count). The van der Waals surface area contributed by atoms with Gasteiger partial charge in [0.1, 0.15) is 17.3 Å². The van der Waals surface area contributed by atoms with Gasteiger partial charge in [-0.15, -0.1) is 0 Å². The summed E-state index contributed by atoms with van der Waals surface area (Å²) in [4.78, 5) is 12.3. The van der Waals surface area contributed by atoms with Gasteiger partial charge in [0.2, 0.25) is 0 Å². The molecule has 21 heavy (non-hydrogen) atoms. The lowest BCUT2D eigenvalue weighted by Gasteiger charge is -2.10. The summed E-state index contributed by atoms with van der Waals surface area (Å²) in [5.41, 5.74) is 1.83. The smallest absolute Gasteiger partial charge is 0.254 e. The maximum atomic E-state index is 5.83. The van der Waals surface area contributed by atoms with Crippen LogP contribution in [-0.2, 0) is 0 Å². The van der Waals surface area contributed by atoms with E-state index in [9.17, 15) is 0 Å². The standard InChI is InChI=1S/C13H14ClN7/c1-9-6-12(21-13(20-9)18-8-19-21)17-5-4-15-10-2-3-16-11(14)7-10/h2-3,6-8,17H,4-5H2,1H3,(H,15,16). The molecule has 0 fully saturated rings. The van der Waals surface area contributed by atoms with E-state index in [1.165, 1.54) is 6.33 Å². The number of nitrogens with zero attached hydrogens (tertiary/aromatic N) is 5. The lowest BCUT2D eigenvalue weighted by atomic mass is 10.4. The lowest BCUT2D eigenvalue weighted by Crippen LogP contribution is -2.16. The Hall–Kier alpha value is -2.41. The quantitative estimate of drug-likeness (QED) is 0.554. The second-order valence-electron chi connectivity index (χ2n) is 4.48. The first-order chi connectivity index (χ1) is 10.2. The molecule has 0 aliphatic carbocycles. The van der Waals surface area contributed by atoms with E-state index in [4.69, 9.17) is 11.6 Å². The first-order valence-electron chi connectivity index (χ1n) is 6.49. The number of rotatable bonds is 5. The van der Waals surface area contributed by atoms with Crippen molar-refractivity contribution in [2.24, 2.45) is 0 Å². The van der Waals surface area contributed by atoms with Crippen molar-refractivity contribution in [3.8, 4) is 0 Å². The first kappa shape index (κ1) is 13.6. The number of aromatic nitrogens is 5. The van der Waals surface area contributed by atoms with Crippen LogP contribution in [0.2, 0.25) is 5.15 Å². The number of hydrogen-bond acceptors (Lipinski definition) is 6. The molecule has 0 saturated heterocycles. The number of hydrogen-bond donors (Lipinski definition) is 2. The third-order valence-electron chi connectivity index (χ3n) is 2.87. The molecule has 7 nitrogen and oxygen atoms in total. The van der Waals surface area contributed by atoms with Crippen LogP contribution in [0.25, 0.3) is 5.78 Å². The lowest BCUT2D eigenvalue weighted by molar-refractivity contribution is 0.915. The normalized spacial score (nSPS) is 10.8. The second-order valence-corrected chi connectivity index (χ2v) is 4.86. The Morgan fingerprint density at radius 2 is 2.05 bits per heavy atom. The van der Waals surface area contributed by atoms with Crippen molar-refractivity contribution in [3.63, 3.8) is 0 Å². The summed E-state index contributed by atoms with van der Waals surface area (Å²) in [5.74, 6) is 1.45. The number of halogens is 1. The molecule has 0 spiro atoms. The fraction of sp³-hybridized carbons (Fsp3) is 0.231. The summed E-state index contributed by atoms with van der Waals surface area (Å²) in [6.07, 6.45) is 3.16. The topological polar surface area (TPSA) is 80.0 Å². The van der Waals surface area contributed by atoms with Gasteiger partial charge in [-0.25, -0.2) is 9.97 Å². The molecule has 8 heteroatoms. The molecule has 0 aliphatic heterocycles. The van der Waals surface area contributed by atoms with Gasteiger partial charge in [0, 0.05) is 36.7 Å². The van der Waals surface area contributed by atoms with Crippen molar-refractivity contribution in [1.29, 1.82) is 0 Å². The van der Waals surface area contributed by atoms with Crippen LogP contribution >= 0.6 is 11.6 Å². The molecule has 0 bridgehead atoms. The number of anilines is 2. The third-order valence-corrected chi connectivity index (χ3v) is 3.07. The average Bonchev–Trinajstić information content (AvgIpc) is 2.91. The molecule has 0 aliphatic rings. The zero-order chi connectivity index (χ0) is 14.7. The van der Waals surface area contributed by atoms with Gasteiger partial charge < -0.3 is 10.6 Å². The monoisotopic (exact) mass is 303 g/mol. The van der Waals surface area contributed by atoms with Crippen LogP contribution in [-0.4, -0.2) is 37.7 Å². The van der Waals surface area contributed by atoms with E-state index in [2.05, 4.69) is 30.7 Å². The molecule has 0 amide bonds. The first-order valence-corrected chi connectivity index (χ1v) is 6.87. The van der Waals surface area contributed by atoms with Gasteiger partial charge in [-0.3, -0.25) is 0 Å². The van der Waals surface area contributed by atoms with Gasteiger partial charge in [-0.2, -0.15) is 14.6 Å². The largest absolute Gasteiger partial charge is 0.383 e. The van der Waals surface area contributed by atoms with Crippen molar-refractivity contribution < 1.29 is 0 Å². The molecule has 0 atom stereocenters. The van der Waals surface area contributed by atoms with E-state index in [0.717, 1.165) is 30.3 Å². The molecule has 3 heterocycles. The van der Waals surface area contributed by atoms with Gasteiger partial charge in [-0.1, -0.05) is 11.6 Å². The molecule has 0 aromatic carbocycles. The number of nitrogens with one attached hydrogen (secondary N) is 2. The summed E-state index contributed by atoms with van der Waals surface area (Å²) in [5, 5.41) is 11.2. The van der Waals surface area contributed by atoms with Gasteiger partial charge in [0.05, 0.1) is 0 Å². The zero-order valence-electron chi connectivity index (χ0n) is 11.4. The van der Waals surface area contributed by atoms with Crippen molar-refractivity contribution in [2.75, 3.05) is 23.7 Å². The molecule has 3 aromatic heterocycles. The van der Waals surface area contributed by atoms with Crippen molar-refractivity contribution in [1.82, 2.24) is 24.6 Å². The van der Waals surface area contributed by atoms with Crippen molar-refractivity contribution >= 4 is 28.9 Å². The van der Waals surface area contributed by atoms with Crippen LogP contribution < -0.4 is 10.6 Å². The minimum absolute atomic E-state index is 0.474. The fourth-order valence-corrected chi connectivity index (χ4v) is 2.14. The second kappa shape index (κ2) is 5.92. The highest BCUT2D eigenvalue weighted by atomic mass is 35.5. The zero-order valence-corrected chi connectivity index (χ0v) is 12.2. The molecule has 0 saturated carbocycles. The van der Waals surface area contributed by atoms with Crippen molar-refractivity contribution in [3.05, 3.63) is 41.6 Å². The van der Waals surface area contributed by atoms with Gasteiger partial charge in [0.25, 0.3) is 5.78 Å². The molecule has 3 aromatic rings. The minimum Gasteiger partial charge on any atom is -0.383 e.